The van der Waals surface area contributed by atoms with Crippen molar-refractivity contribution >= 4 is 29.0 Å². The average Bonchev–Trinajstić information content (AvgIpc) is 3.43. The summed E-state index contributed by atoms with van der Waals surface area (Å²) < 4.78 is 28.6. The molecule has 4 aromatic rings. The van der Waals surface area contributed by atoms with Gasteiger partial charge in [0.1, 0.15) is 11.6 Å². The van der Waals surface area contributed by atoms with Gasteiger partial charge in [-0.25, -0.2) is 8.78 Å². The number of carbonyl (C=O) groups excluding carboxylic acids is 1. The summed E-state index contributed by atoms with van der Waals surface area (Å²) in [5.41, 5.74) is 1.30. The van der Waals surface area contributed by atoms with Gasteiger partial charge >= 0.3 is 0 Å². The second kappa shape index (κ2) is 9.40. The number of halogens is 2. The first-order valence-corrected chi connectivity index (χ1v) is 11.2. The Morgan fingerprint density at radius 2 is 1.71 bits per heavy atom. The number of thioether (sulfide) groups is 1. The minimum atomic E-state index is -0.361. The molecule has 2 heterocycles. The third-order valence-corrected chi connectivity index (χ3v) is 6.32. The first kappa shape index (κ1) is 21.2. The van der Waals surface area contributed by atoms with Gasteiger partial charge in [0.05, 0.1) is 12.3 Å². The minimum Gasteiger partial charge on any atom is -0.340 e. The number of hydrogen-bond donors (Lipinski definition) is 0. The number of rotatable bonds is 7. The van der Waals surface area contributed by atoms with Crippen LogP contribution in [-0.4, -0.2) is 38.4 Å². The van der Waals surface area contributed by atoms with Gasteiger partial charge in [0.2, 0.25) is 5.91 Å². The van der Waals surface area contributed by atoms with Crippen LogP contribution in [0.4, 0.5) is 8.78 Å². The molecule has 0 saturated heterocycles. The molecule has 0 fully saturated rings. The van der Waals surface area contributed by atoms with Gasteiger partial charge in [-0.15, -0.1) is 21.5 Å². The Kier molecular flexibility index (Phi) is 6.43. The third kappa shape index (κ3) is 5.00. The van der Waals surface area contributed by atoms with Crippen LogP contribution in [0.1, 0.15) is 4.88 Å². The van der Waals surface area contributed by atoms with Gasteiger partial charge in [0.15, 0.2) is 11.0 Å². The van der Waals surface area contributed by atoms with E-state index in [1.807, 2.05) is 17.5 Å². The predicted molar refractivity (Wildman–Crippen MR) is 118 cm³/mol. The van der Waals surface area contributed by atoms with E-state index in [4.69, 9.17) is 0 Å². The molecule has 4 rings (SSSR count). The molecule has 0 unspecified atom stereocenters. The van der Waals surface area contributed by atoms with Crippen molar-refractivity contribution in [1.82, 2.24) is 19.7 Å². The van der Waals surface area contributed by atoms with Crippen LogP contribution in [0, 0.1) is 11.6 Å². The summed E-state index contributed by atoms with van der Waals surface area (Å²) in [4.78, 5) is 15.4. The predicted octanol–water partition coefficient (Wildman–Crippen LogP) is 5.02. The molecule has 5 nitrogen and oxygen atoms in total. The summed E-state index contributed by atoms with van der Waals surface area (Å²) in [6.45, 7) is 0.544. The molecule has 158 valence electrons. The molecule has 0 aliphatic rings. The summed E-state index contributed by atoms with van der Waals surface area (Å²) in [5, 5.41) is 11.0. The summed E-state index contributed by atoms with van der Waals surface area (Å²) >= 11 is 2.85. The van der Waals surface area contributed by atoms with Crippen LogP contribution in [0.3, 0.4) is 0 Å². The van der Waals surface area contributed by atoms with E-state index in [0.717, 1.165) is 4.88 Å². The van der Waals surface area contributed by atoms with E-state index in [-0.39, 0.29) is 23.3 Å². The summed E-state index contributed by atoms with van der Waals surface area (Å²) in [5.74, 6) is -0.112. The fraction of sp³-hybridized carbons (Fsp3) is 0.136. The molecule has 31 heavy (non-hydrogen) atoms. The minimum absolute atomic E-state index is 0.0459. The molecule has 0 spiro atoms. The Hall–Kier alpha value is -3.04. The van der Waals surface area contributed by atoms with E-state index in [1.165, 1.54) is 36.0 Å². The van der Waals surface area contributed by atoms with E-state index in [9.17, 15) is 13.6 Å². The van der Waals surface area contributed by atoms with E-state index < -0.39 is 0 Å². The molecule has 0 aliphatic carbocycles. The molecular weight excluding hydrogens is 438 g/mol. The molecule has 1 amide bonds. The molecule has 0 N–H and O–H groups in total. The van der Waals surface area contributed by atoms with Crippen LogP contribution in [-0.2, 0) is 11.3 Å². The van der Waals surface area contributed by atoms with Crippen molar-refractivity contribution in [1.29, 1.82) is 0 Å². The van der Waals surface area contributed by atoms with E-state index in [0.29, 0.717) is 28.8 Å². The Morgan fingerprint density at radius 3 is 2.35 bits per heavy atom. The van der Waals surface area contributed by atoms with Gasteiger partial charge in [-0.1, -0.05) is 17.8 Å². The van der Waals surface area contributed by atoms with Crippen molar-refractivity contribution in [3.05, 3.63) is 82.6 Å². The standard InChI is InChI=1S/C22H18F2N4OS2/c1-27(13-19-3-2-12-30-19)20(29)14-31-22-26-25-21(15-4-6-16(23)7-5-15)28(22)18-10-8-17(24)9-11-18/h2-12H,13-14H2,1H3. The Morgan fingerprint density at radius 1 is 1.03 bits per heavy atom. The Balaban J connectivity index is 1.59. The van der Waals surface area contributed by atoms with E-state index in [2.05, 4.69) is 10.2 Å². The van der Waals surface area contributed by atoms with Crippen molar-refractivity contribution in [3.8, 4) is 17.1 Å². The molecule has 0 radical (unpaired) electrons. The highest BCUT2D eigenvalue weighted by atomic mass is 32.2. The maximum Gasteiger partial charge on any atom is 0.233 e. The third-order valence-electron chi connectivity index (χ3n) is 4.54. The molecule has 9 heteroatoms. The Labute approximate surface area is 186 Å². The van der Waals surface area contributed by atoms with E-state index >= 15 is 0 Å². The van der Waals surface area contributed by atoms with Crippen molar-refractivity contribution in [3.63, 3.8) is 0 Å². The van der Waals surface area contributed by atoms with Crippen LogP contribution >= 0.6 is 23.1 Å². The first-order chi connectivity index (χ1) is 15.0. The average molecular weight is 457 g/mol. The first-order valence-electron chi connectivity index (χ1n) is 9.37. The number of carbonyl (C=O) groups is 1. The van der Waals surface area contributed by atoms with Gasteiger partial charge in [-0.05, 0) is 60.0 Å². The normalized spacial score (nSPS) is 10.9. The second-order valence-corrected chi connectivity index (χ2v) is 8.72. The molecular formula is C22H18F2N4OS2. The topological polar surface area (TPSA) is 51.0 Å². The van der Waals surface area contributed by atoms with Gasteiger partial charge in [0, 0.05) is 23.2 Å². The quantitative estimate of drug-likeness (QED) is 0.366. The highest BCUT2D eigenvalue weighted by molar-refractivity contribution is 7.99. The number of aromatic nitrogens is 3. The summed E-state index contributed by atoms with van der Waals surface area (Å²) in [7, 11) is 1.76. The van der Waals surface area contributed by atoms with Crippen LogP contribution in [0.2, 0.25) is 0 Å². The van der Waals surface area contributed by atoms with Crippen molar-refractivity contribution in [2.75, 3.05) is 12.8 Å². The van der Waals surface area contributed by atoms with Crippen molar-refractivity contribution < 1.29 is 13.6 Å². The maximum atomic E-state index is 13.5. The SMILES string of the molecule is CN(Cc1cccs1)C(=O)CSc1nnc(-c2ccc(F)cc2)n1-c1ccc(F)cc1. The smallest absolute Gasteiger partial charge is 0.233 e. The lowest BCUT2D eigenvalue weighted by molar-refractivity contribution is -0.127. The molecule has 0 aliphatic heterocycles. The summed E-state index contributed by atoms with van der Waals surface area (Å²) in [6.07, 6.45) is 0. The monoisotopic (exact) mass is 456 g/mol. The number of nitrogens with zero attached hydrogens (tertiary/aromatic N) is 4. The zero-order valence-corrected chi connectivity index (χ0v) is 18.2. The van der Waals surface area contributed by atoms with Gasteiger partial charge < -0.3 is 4.90 Å². The van der Waals surface area contributed by atoms with Crippen LogP contribution in [0.5, 0.6) is 0 Å². The largest absolute Gasteiger partial charge is 0.340 e. The zero-order valence-electron chi connectivity index (χ0n) is 16.5. The molecule has 0 saturated carbocycles. The lowest BCUT2D eigenvalue weighted by Crippen LogP contribution is -2.27. The lowest BCUT2D eigenvalue weighted by Gasteiger charge is -2.16. The molecule has 2 aromatic heterocycles. The van der Waals surface area contributed by atoms with Crippen LogP contribution < -0.4 is 0 Å². The highest BCUT2D eigenvalue weighted by Crippen LogP contribution is 2.28. The number of hydrogen-bond acceptors (Lipinski definition) is 5. The van der Waals surface area contributed by atoms with Crippen LogP contribution in [0.15, 0.2) is 71.2 Å². The van der Waals surface area contributed by atoms with Crippen molar-refractivity contribution in [2.24, 2.45) is 0 Å². The number of benzene rings is 2. The van der Waals surface area contributed by atoms with Gasteiger partial charge in [-0.2, -0.15) is 0 Å². The van der Waals surface area contributed by atoms with E-state index in [1.54, 1.807) is 52.1 Å². The van der Waals surface area contributed by atoms with Crippen LogP contribution in [0.25, 0.3) is 17.1 Å². The molecule has 0 bridgehead atoms. The van der Waals surface area contributed by atoms with Crippen molar-refractivity contribution in [2.45, 2.75) is 11.7 Å². The molecule has 0 atom stereocenters. The second-order valence-electron chi connectivity index (χ2n) is 6.74. The summed E-state index contributed by atoms with van der Waals surface area (Å²) in [6, 6.07) is 15.7. The highest BCUT2D eigenvalue weighted by Gasteiger charge is 2.19. The lowest BCUT2D eigenvalue weighted by atomic mass is 10.2. The zero-order chi connectivity index (χ0) is 21.8. The fourth-order valence-corrected chi connectivity index (χ4v) is 4.58. The van der Waals surface area contributed by atoms with Gasteiger partial charge in [0.25, 0.3) is 0 Å². The Bertz CT molecular complexity index is 1160. The number of amides is 1. The maximum absolute atomic E-state index is 13.5. The fourth-order valence-electron chi connectivity index (χ4n) is 2.93. The number of thiophene rings is 1. The van der Waals surface area contributed by atoms with Gasteiger partial charge in [-0.3, -0.25) is 9.36 Å². The molecule has 2 aromatic carbocycles.